The molecule has 0 amide bonds. The second kappa shape index (κ2) is 6.08. The monoisotopic (exact) mass is 226 g/mol. The van der Waals surface area contributed by atoms with Gasteiger partial charge in [0, 0.05) is 17.6 Å². The lowest BCUT2D eigenvalue weighted by molar-refractivity contribution is 0.284. The Kier molecular flexibility index (Phi) is 4.41. The summed E-state index contributed by atoms with van der Waals surface area (Å²) in [6.45, 7) is 1.99. The Morgan fingerprint density at radius 3 is 3.27 bits per heavy atom. The van der Waals surface area contributed by atoms with Crippen LogP contribution in [0.2, 0.25) is 0 Å². The lowest BCUT2D eigenvalue weighted by Gasteiger charge is -2.23. The van der Waals surface area contributed by atoms with Gasteiger partial charge in [0.05, 0.1) is 6.61 Å². The fourth-order valence-corrected chi connectivity index (χ4v) is 2.45. The molecule has 15 heavy (non-hydrogen) atoms. The van der Waals surface area contributed by atoms with Crippen LogP contribution in [0.25, 0.3) is 0 Å². The summed E-state index contributed by atoms with van der Waals surface area (Å²) in [5, 5.41) is 6.28. The van der Waals surface area contributed by atoms with E-state index in [2.05, 4.69) is 10.3 Å². The average molecular weight is 226 g/mol. The molecule has 0 radical (unpaired) electrons. The van der Waals surface area contributed by atoms with Gasteiger partial charge in [-0.25, -0.2) is 4.98 Å². The Labute approximate surface area is 94.9 Å². The highest BCUT2D eigenvalue weighted by Crippen LogP contribution is 2.15. The number of nitrogens with zero attached hydrogens (tertiary/aromatic N) is 1. The maximum Gasteiger partial charge on any atom is 0.273 e. The third-order valence-corrected chi connectivity index (χ3v) is 3.43. The van der Waals surface area contributed by atoms with E-state index in [1.165, 1.54) is 32.2 Å². The molecule has 2 rings (SSSR count). The molecule has 1 aromatic rings. The molecular formula is C11H18N2OS. The lowest BCUT2D eigenvalue weighted by atomic mass is 10.0. The first-order valence-corrected chi connectivity index (χ1v) is 6.59. The Balaban J connectivity index is 1.54. The first-order chi connectivity index (χ1) is 7.45. The summed E-state index contributed by atoms with van der Waals surface area (Å²) in [5.74, 6) is 0. The molecule has 0 aliphatic carbocycles. The molecule has 0 unspecified atom stereocenters. The van der Waals surface area contributed by atoms with Crippen LogP contribution in [0.1, 0.15) is 32.1 Å². The summed E-state index contributed by atoms with van der Waals surface area (Å²) in [6, 6.07) is 0.721. The van der Waals surface area contributed by atoms with Crippen LogP contribution in [0.15, 0.2) is 11.6 Å². The number of rotatable bonds is 5. The molecule has 84 valence electrons. The van der Waals surface area contributed by atoms with E-state index in [1.54, 1.807) is 17.5 Å². The average Bonchev–Trinajstić information content (AvgIpc) is 2.79. The molecule has 0 bridgehead atoms. The van der Waals surface area contributed by atoms with Gasteiger partial charge in [-0.15, -0.1) is 0 Å². The smallest absolute Gasteiger partial charge is 0.273 e. The number of aromatic nitrogens is 1. The minimum absolute atomic E-state index is 0.721. The summed E-state index contributed by atoms with van der Waals surface area (Å²) >= 11 is 1.56. The van der Waals surface area contributed by atoms with Gasteiger partial charge in [-0.2, -0.15) is 0 Å². The molecule has 1 aliphatic heterocycles. The zero-order valence-corrected chi connectivity index (χ0v) is 9.76. The molecule has 2 heterocycles. The normalized spacial score (nSPS) is 21.5. The SMILES string of the molecule is c1csc(OCCC[C@H]2CCCCN2)n1. The van der Waals surface area contributed by atoms with E-state index in [4.69, 9.17) is 4.74 Å². The highest BCUT2D eigenvalue weighted by molar-refractivity contribution is 7.11. The number of thiazole rings is 1. The molecule has 0 saturated carbocycles. The van der Waals surface area contributed by atoms with Gasteiger partial charge in [0.15, 0.2) is 0 Å². The maximum absolute atomic E-state index is 5.52. The van der Waals surface area contributed by atoms with Gasteiger partial charge in [0.25, 0.3) is 5.19 Å². The predicted octanol–water partition coefficient (Wildman–Crippen LogP) is 2.44. The van der Waals surface area contributed by atoms with Crippen LogP contribution < -0.4 is 10.1 Å². The quantitative estimate of drug-likeness (QED) is 0.783. The molecule has 0 spiro atoms. The summed E-state index contributed by atoms with van der Waals surface area (Å²) in [6.07, 6.45) is 8.18. The first kappa shape index (κ1) is 10.9. The maximum atomic E-state index is 5.52. The Bertz CT molecular complexity index is 258. The molecule has 0 aromatic carbocycles. The van der Waals surface area contributed by atoms with Crippen molar-refractivity contribution in [3.8, 4) is 5.19 Å². The topological polar surface area (TPSA) is 34.1 Å². The van der Waals surface area contributed by atoms with Crippen molar-refractivity contribution in [1.29, 1.82) is 0 Å². The first-order valence-electron chi connectivity index (χ1n) is 5.71. The van der Waals surface area contributed by atoms with Crippen molar-refractivity contribution >= 4 is 11.3 Å². The van der Waals surface area contributed by atoms with Crippen molar-refractivity contribution in [2.45, 2.75) is 38.1 Å². The van der Waals surface area contributed by atoms with Crippen LogP contribution >= 0.6 is 11.3 Å². The standard InChI is InChI=1S/C11H18N2OS/c1-2-6-12-10(4-1)5-3-8-14-11-13-7-9-15-11/h7,9-10,12H,1-6,8H2/t10-/m1/s1. The number of ether oxygens (including phenoxy) is 1. The highest BCUT2D eigenvalue weighted by Gasteiger charge is 2.11. The van der Waals surface area contributed by atoms with E-state index in [1.807, 2.05) is 5.38 Å². The lowest BCUT2D eigenvalue weighted by Crippen LogP contribution is -2.34. The highest BCUT2D eigenvalue weighted by atomic mass is 32.1. The fraction of sp³-hybridized carbons (Fsp3) is 0.727. The van der Waals surface area contributed by atoms with Crippen LogP contribution in [0.4, 0.5) is 0 Å². The van der Waals surface area contributed by atoms with Crippen molar-refractivity contribution in [3.63, 3.8) is 0 Å². The number of hydrogen-bond donors (Lipinski definition) is 1. The summed E-state index contributed by atoms with van der Waals surface area (Å²) in [5.41, 5.74) is 0. The van der Waals surface area contributed by atoms with E-state index in [0.29, 0.717) is 0 Å². The molecule has 3 nitrogen and oxygen atoms in total. The summed E-state index contributed by atoms with van der Waals surface area (Å²) in [4.78, 5) is 4.08. The van der Waals surface area contributed by atoms with E-state index >= 15 is 0 Å². The molecular weight excluding hydrogens is 208 g/mol. The van der Waals surface area contributed by atoms with Crippen molar-refractivity contribution in [2.24, 2.45) is 0 Å². The minimum Gasteiger partial charge on any atom is -0.470 e. The predicted molar refractivity (Wildman–Crippen MR) is 62.5 cm³/mol. The minimum atomic E-state index is 0.721. The van der Waals surface area contributed by atoms with Gasteiger partial charge < -0.3 is 10.1 Å². The second-order valence-corrected chi connectivity index (χ2v) is 4.79. The van der Waals surface area contributed by atoms with Crippen molar-refractivity contribution in [3.05, 3.63) is 11.6 Å². The third-order valence-electron chi connectivity index (χ3n) is 2.74. The van der Waals surface area contributed by atoms with Crippen LogP contribution in [0, 0.1) is 0 Å². The summed E-state index contributed by atoms with van der Waals surface area (Å²) < 4.78 is 5.52. The number of nitrogens with one attached hydrogen (secondary N) is 1. The zero-order chi connectivity index (χ0) is 10.3. The van der Waals surface area contributed by atoms with Gasteiger partial charge in [-0.1, -0.05) is 17.8 Å². The molecule has 4 heteroatoms. The van der Waals surface area contributed by atoms with Crippen LogP contribution in [-0.4, -0.2) is 24.2 Å². The van der Waals surface area contributed by atoms with Crippen LogP contribution in [0.3, 0.4) is 0 Å². The Hall–Kier alpha value is -0.610. The van der Waals surface area contributed by atoms with Crippen molar-refractivity contribution < 1.29 is 4.74 Å². The van der Waals surface area contributed by atoms with Gasteiger partial charge in [0.2, 0.25) is 0 Å². The third kappa shape index (κ3) is 3.80. The number of piperidine rings is 1. The van der Waals surface area contributed by atoms with Crippen LogP contribution in [-0.2, 0) is 0 Å². The molecule has 1 aromatic heterocycles. The molecule has 1 aliphatic rings. The van der Waals surface area contributed by atoms with E-state index in [-0.39, 0.29) is 0 Å². The summed E-state index contributed by atoms with van der Waals surface area (Å²) in [7, 11) is 0. The van der Waals surface area contributed by atoms with Gasteiger partial charge in [-0.05, 0) is 32.2 Å². The second-order valence-electron chi connectivity index (χ2n) is 3.94. The van der Waals surface area contributed by atoms with Crippen molar-refractivity contribution in [2.75, 3.05) is 13.2 Å². The zero-order valence-electron chi connectivity index (χ0n) is 8.95. The number of hydrogen-bond acceptors (Lipinski definition) is 4. The Morgan fingerprint density at radius 1 is 1.53 bits per heavy atom. The fourth-order valence-electron chi connectivity index (χ4n) is 1.94. The van der Waals surface area contributed by atoms with E-state index < -0.39 is 0 Å². The van der Waals surface area contributed by atoms with Gasteiger partial charge in [-0.3, -0.25) is 0 Å². The van der Waals surface area contributed by atoms with Crippen LogP contribution in [0.5, 0.6) is 5.19 Å². The van der Waals surface area contributed by atoms with E-state index in [0.717, 1.165) is 24.3 Å². The molecule has 1 N–H and O–H groups in total. The van der Waals surface area contributed by atoms with Gasteiger partial charge >= 0.3 is 0 Å². The molecule has 1 atom stereocenters. The largest absolute Gasteiger partial charge is 0.470 e. The van der Waals surface area contributed by atoms with E-state index in [9.17, 15) is 0 Å². The molecule has 1 saturated heterocycles. The van der Waals surface area contributed by atoms with Crippen molar-refractivity contribution in [1.82, 2.24) is 10.3 Å². The van der Waals surface area contributed by atoms with Gasteiger partial charge in [0.1, 0.15) is 0 Å². The molecule has 1 fully saturated rings. The Morgan fingerprint density at radius 2 is 2.53 bits per heavy atom.